The van der Waals surface area contributed by atoms with Gasteiger partial charge in [-0.2, -0.15) is 0 Å². The molecule has 0 aliphatic carbocycles. The van der Waals surface area contributed by atoms with Gasteiger partial charge >= 0.3 is 0 Å². The molecule has 1 fully saturated rings. The summed E-state index contributed by atoms with van der Waals surface area (Å²) in [6.07, 6.45) is 3.44. The largest absolute Gasteiger partial charge is 0.356 e. The van der Waals surface area contributed by atoms with Gasteiger partial charge in [0.1, 0.15) is 17.3 Å². The molecule has 2 aromatic rings. The Morgan fingerprint density at radius 1 is 1.11 bits per heavy atom. The number of anilines is 1. The highest BCUT2D eigenvalue weighted by Gasteiger charge is 2.23. The van der Waals surface area contributed by atoms with Crippen molar-refractivity contribution >= 4 is 11.7 Å². The van der Waals surface area contributed by atoms with Gasteiger partial charge in [-0.25, -0.2) is 9.97 Å². The molecule has 1 saturated heterocycles. The average Bonchev–Trinajstić information content (AvgIpc) is 2.70. The first-order valence-electron chi connectivity index (χ1n) is 10.0. The maximum atomic E-state index is 12.7. The van der Waals surface area contributed by atoms with Gasteiger partial charge in [0.15, 0.2) is 0 Å². The molecule has 2 heterocycles. The quantitative estimate of drug-likeness (QED) is 0.782. The SMILES string of the molecule is CCN(CC)C(=O)c1cc(N2CCC(Cc3ccccc3)CC2)nc(C)n1. The smallest absolute Gasteiger partial charge is 0.272 e. The van der Waals surface area contributed by atoms with E-state index in [-0.39, 0.29) is 5.91 Å². The lowest BCUT2D eigenvalue weighted by Gasteiger charge is -2.33. The molecule has 5 heteroatoms. The summed E-state index contributed by atoms with van der Waals surface area (Å²) in [6, 6.07) is 12.6. The lowest BCUT2D eigenvalue weighted by atomic mass is 9.90. The van der Waals surface area contributed by atoms with Crippen LogP contribution in [0, 0.1) is 12.8 Å². The molecule has 5 nitrogen and oxygen atoms in total. The first-order valence-corrected chi connectivity index (χ1v) is 10.0. The van der Waals surface area contributed by atoms with Crippen molar-refractivity contribution in [2.45, 2.75) is 40.0 Å². The number of benzene rings is 1. The van der Waals surface area contributed by atoms with E-state index in [1.54, 1.807) is 4.90 Å². The van der Waals surface area contributed by atoms with Crippen LogP contribution in [0.3, 0.4) is 0 Å². The van der Waals surface area contributed by atoms with Crippen LogP contribution in [0.5, 0.6) is 0 Å². The minimum atomic E-state index is -0.00860. The van der Waals surface area contributed by atoms with Crippen LogP contribution in [-0.2, 0) is 6.42 Å². The van der Waals surface area contributed by atoms with Crippen LogP contribution < -0.4 is 4.90 Å². The Labute approximate surface area is 162 Å². The Morgan fingerprint density at radius 3 is 2.41 bits per heavy atom. The average molecular weight is 367 g/mol. The third-order valence-corrected chi connectivity index (χ3v) is 5.40. The monoisotopic (exact) mass is 366 g/mol. The summed E-state index contributed by atoms with van der Waals surface area (Å²) in [6.45, 7) is 9.20. The van der Waals surface area contributed by atoms with Crippen molar-refractivity contribution in [1.82, 2.24) is 14.9 Å². The molecule has 1 aromatic heterocycles. The van der Waals surface area contributed by atoms with Crippen LogP contribution >= 0.6 is 0 Å². The number of piperidine rings is 1. The Balaban J connectivity index is 1.66. The Bertz CT molecular complexity index is 750. The second-order valence-corrected chi connectivity index (χ2v) is 7.26. The Morgan fingerprint density at radius 2 is 1.78 bits per heavy atom. The maximum absolute atomic E-state index is 12.7. The molecular formula is C22H30N4O. The summed E-state index contributed by atoms with van der Waals surface area (Å²) >= 11 is 0. The van der Waals surface area contributed by atoms with Crippen LogP contribution in [0.2, 0.25) is 0 Å². The molecule has 1 aliphatic rings. The summed E-state index contributed by atoms with van der Waals surface area (Å²) in [7, 11) is 0. The topological polar surface area (TPSA) is 49.3 Å². The Hall–Kier alpha value is -2.43. The predicted molar refractivity (Wildman–Crippen MR) is 109 cm³/mol. The lowest BCUT2D eigenvalue weighted by Crippen LogP contribution is -2.36. The van der Waals surface area contributed by atoms with Crippen LogP contribution in [-0.4, -0.2) is 47.0 Å². The van der Waals surface area contributed by atoms with Gasteiger partial charge in [0, 0.05) is 32.2 Å². The number of aromatic nitrogens is 2. The van der Waals surface area contributed by atoms with E-state index in [1.165, 1.54) is 5.56 Å². The normalized spacial score (nSPS) is 15.0. The zero-order valence-corrected chi connectivity index (χ0v) is 16.7. The fourth-order valence-electron chi connectivity index (χ4n) is 3.81. The van der Waals surface area contributed by atoms with Crippen molar-refractivity contribution in [2.24, 2.45) is 5.92 Å². The third kappa shape index (κ3) is 4.85. The van der Waals surface area contributed by atoms with E-state index >= 15 is 0 Å². The van der Waals surface area contributed by atoms with Crippen molar-refractivity contribution < 1.29 is 4.79 Å². The molecule has 1 aromatic carbocycles. The number of aryl methyl sites for hydroxylation is 1. The maximum Gasteiger partial charge on any atom is 0.272 e. The summed E-state index contributed by atoms with van der Waals surface area (Å²) < 4.78 is 0. The van der Waals surface area contributed by atoms with E-state index in [2.05, 4.69) is 45.2 Å². The molecule has 3 rings (SSSR count). The van der Waals surface area contributed by atoms with Gasteiger partial charge in [-0.15, -0.1) is 0 Å². The van der Waals surface area contributed by atoms with E-state index in [9.17, 15) is 4.79 Å². The third-order valence-electron chi connectivity index (χ3n) is 5.40. The molecule has 0 saturated carbocycles. The minimum Gasteiger partial charge on any atom is -0.356 e. The van der Waals surface area contributed by atoms with Crippen molar-refractivity contribution in [2.75, 3.05) is 31.1 Å². The molecule has 0 unspecified atom stereocenters. The summed E-state index contributed by atoms with van der Waals surface area (Å²) in [4.78, 5) is 25.8. The molecule has 1 amide bonds. The zero-order valence-electron chi connectivity index (χ0n) is 16.7. The number of nitrogens with zero attached hydrogens (tertiary/aromatic N) is 4. The number of hydrogen-bond acceptors (Lipinski definition) is 4. The van der Waals surface area contributed by atoms with Crippen molar-refractivity contribution in [3.8, 4) is 0 Å². The predicted octanol–water partition coefficient (Wildman–Crippen LogP) is 3.73. The van der Waals surface area contributed by atoms with Gasteiger partial charge in [-0.05, 0) is 51.5 Å². The highest BCUT2D eigenvalue weighted by molar-refractivity contribution is 5.93. The number of carbonyl (C=O) groups is 1. The Kier molecular flexibility index (Phi) is 6.43. The lowest BCUT2D eigenvalue weighted by molar-refractivity contribution is 0.0766. The number of carbonyl (C=O) groups excluding carboxylic acids is 1. The van der Waals surface area contributed by atoms with Crippen molar-refractivity contribution in [3.05, 3.63) is 53.5 Å². The van der Waals surface area contributed by atoms with Gasteiger partial charge < -0.3 is 9.80 Å². The van der Waals surface area contributed by atoms with Gasteiger partial charge in [-0.3, -0.25) is 4.79 Å². The van der Waals surface area contributed by atoms with E-state index in [4.69, 9.17) is 0 Å². The van der Waals surface area contributed by atoms with Crippen molar-refractivity contribution in [3.63, 3.8) is 0 Å². The fourth-order valence-corrected chi connectivity index (χ4v) is 3.81. The molecule has 0 bridgehead atoms. The van der Waals surface area contributed by atoms with E-state index < -0.39 is 0 Å². The van der Waals surface area contributed by atoms with Crippen molar-refractivity contribution in [1.29, 1.82) is 0 Å². The van der Waals surface area contributed by atoms with E-state index in [1.807, 2.05) is 26.8 Å². The van der Waals surface area contributed by atoms with Gasteiger partial charge in [0.2, 0.25) is 0 Å². The molecule has 0 N–H and O–H groups in total. The second-order valence-electron chi connectivity index (χ2n) is 7.26. The molecule has 1 aliphatic heterocycles. The van der Waals surface area contributed by atoms with Gasteiger partial charge in [0.25, 0.3) is 5.91 Å². The fraction of sp³-hybridized carbons (Fsp3) is 0.500. The number of rotatable bonds is 6. The zero-order chi connectivity index (χ0) is 19.2. The molecule has 0 atom stereocenters. The summed E-state index contributed by atoms with van der Waals surface area (Å²) in [5, 5.41) is 0. The standard InChI is InChI=1S/C22H30N4O/c1-4-25(5-2)22(27)20-16-21(24-17(3)23-20)26-13-11-19(12-14-26)15-18-9-7-6-8-10-18/h6-10,16,19H,4-5,11-15H2,1-3H3. The highest BCUT2D eigenvalue weighted by Crippen LogP contribution is 2.25. The molecule has 144 valence electrons. The second kappa shape index (κ2) is 8.98. The molecule has 0 spiro atoms. The number of amides is 1. The van der Waals surface area contributed by atoms with Crippen LogP contribution in [0.1, 0.15) is 48.6 Å². The minimum absolute atomic E-state index is 0.00860. The molecular weight excluding hydrogens is 336 g/mol. The summed E-state index contributed by atoms with van der Waals surface area (Å²) in [5.41, 5.74) is 1.92. The van der Waals surface area contributed by atoms with Crippen LogP contribution in [0.25, 0.3) is 0 Å². The van der Waals surface area contributed by atoms with Gasteiger partial charge in [0.05, 0.1) is 0 Å². The van der Waals surface area contributed by atoms with Crippen LogP contribution in [0.4, 0.5) is 5.82 Å². The van der Waals surface area contributed by atoms with E-state index in [0.29, 0.717) is 30.5 Å². The highest BCUT2D eigenvalue weighted by atomic mass is 16.2. The summed E-state index contributed by atoms with van der Waals surface area (Å²) in [5.74, 6) is 2.25. The van der Waals surface area contributed by atoms with Gasteiger partial charge in [-0.1, -0.05) is 30.3 Å². The number of hydrogen-bond donors (Lipinski definition) is 0. The molecule has 0 radical (unpaired) electrons. The van der Waals surface area contributed by atoms with Crippen LogP contribution in [0.15, 0.2) is 36.4 Å². The first kappa shape index (κ1) is 19.3. The van der Waals surface area contributed by atoms with E-state index in [0.717, 1.165) is 38.2 Å². The first-order chi connectivity index (χ1) is 13.1. The molecule has 27 heavy (non-hydrogen) atoms.